The molecule has 0 saturated carbocycles. The van der Waals surface area contributed by atoms with Gasteiger partial charge in [0.05, 0.1) is 11.5 Å². The minimum atomic E-state index is -3.64. The molecule has 2 rings (SSSR count). The van der Waals surface area contributed by atoms with Crippen LogP contribution in [-0.4, -0.2) is 20.9 Å². The lowest BCUT2D eigenvalue weighted by atomic mass is 10.2. The predicted octanol–water partition coefficient (Wildman–Crippen LogP) is 2.17. The van der Waals surface area contributed by atoms with Crippen molar-refractivity contribution in [3.8, 4) is 0 Å². The molecule has 0 aliphatic heterocycles. The van der Waals surface area contributed by atoms with Gasteiger partial charge in [-0.05, 0) is 43.3 Å². The van der Waals surface area contributed by atoms with E-state index in [2.05, 4.69) is 10.2 Å². The van der Waals surface area contributed by atoms with Crippen molar-refractivity contribution in [1.82, 2.24) is 5.48 Å². The molecule has 0 aliphatic carbocycles. The van der Waals surface area contributed by atoms with E-state index in [-0.39, 0.29) is 10.8 Å². The van der Waals surface area contributed by atoms with Crippen LogP contribution in [0.3, 0.4) is 0 Å². The van der Waals surface area contributed by atoms with Crippen LogP contribution in [0.5, 0.6) is 0 Å². The van der Waals surface area contributed by atoms with E-state index < -0.39 is 10.0 Å². The zero-order valence-electron chi connectivity index (χ0n) is 11.9. The van der Waals surface area contributed by atoms with Gasteiger partial charge in [-0.1, -0.05) is 18.2 Å². The summed E-state index contributed by atoms with van der Waals surface area (Å²) in [5.41, 5.74) is 3.01. The van der Waals surface area contributed by atoms with Crippen molar-refractivity contribution in [2.45, 2.75) is 11.8 Å². The third kappa shape index (κ3) is 4.06. The summed E-state index contributed by atoms with van der Waals surface area (Å²) < 4.78 is 26.8. The molecule has 0 fully saturated rings. The molecule has 22 heavy (non-hydrogen) atoms. The van der Waals surface area contributed by atoms with Crippen LogP contribution in [0.1, 0.15) is 17.3 Å². The van der Waals surface area contributed by atoms with E-state index in [0.717, 1.165) is 0 Å². The molecule has 1 amide bonds. The minimum Gasteiger partial charge on any atom is -0.280 e. The van der Waals surface area contributed by atoms with Crippen LogP contribution in [0.4, 0.5) is 5.69 Å². The molecule has 2 aromatic rings. The van der Waals surface area contributed by atoms with Gasteiger partial charge >= 0.3 is 0 Å². The quantitative estimate of drug-likeness (QED) is 0.799. The third-order valence-corrected chi connectivity index (χ3v) is 4.16. The smallest absolute Gasteiger partial charge is 0.274 e. The van der Waals surface area contributed by atoms with Crippen LogP contribution in [0, 0.1) is 0 Å². The second-order valence-corrected chi connectivity index (χ2v) is 6.04. The fraction of sp³-hybridized carbons (Fsp3) is 0.133. The summed E-state index contributed by atoms with van der Waals surface area (Å²) in [6.45, 7) is 2.11. The molecule has 7 heteroatoms. The van der Waals surface area contributed by atoms with Crippen molar-refractivity contribution in [2.75, 3.05) is 11.3 Å². The first-order chi connectivity index (χ1) is 10.5. The van der Waals surface area contributed by atoms with E-state index in [1.165, 1.54) is 36.4 Å². The highest BCUT2D eigenvalue weighted by Gasteiger charge is 2.13. The van der Waals surface area contributed by atoms with Crippen LogP contribution in [0.25, 0.3) is 0 Å². The van der Waals surface area contributed by atoms with Crippen molar-refractivity contribution in [2.24, 2.45) is 0 Å². The van der Waals surface area contributed by atoms with Crippen molar-refractivity contribution in [3.63, 3.8) is 0 Å². The topological polar surface area (TPSA) is 84.5 Å². The summed E-state index contributed by atoms with van der Waals surface area (Å²) in [6, 6.07) is 14.1. The van der Waals surface area contributed by atoms with Crippen molar-refractivity contribution < 1.29 is 18.0 Å². The Morgan fingerprint density at radius 2 is 1.68 bits per heavy atom. The number of benzene rings is 2. The van der Waals surface area contributed by atoms with Gasteiger partial charge in [0.2, 0.25) is 0 Å². The molecule has 0 saturated heterocycles. The second-order valence-electron chi connectivity index (χ2n) is 4.36. The summed E-state index contributed by atoms with van der Waals surface area (Å²) in [4.78, 5) is 16.6. The Hall–Kier alpha value is -2.38. The number of rotatable bonds is 6. The lowest BCUT2D eigenvalue weighted by Gasteiger charge is -2.09. The molecular weight excluding hydrogens is 304 g/mol. The number of hydroxylamine groups is 1. The van der Waals surface area contributed by atoms with E-state index in [0.29, 0.717) is 17.9 Å². The average Bonchev–Trinajstić information content (AvgIpc) is 2.54. The summed E-state index contributed by atoms with van der Waals surface area (Å²) in [7, 11) is -3.64. The van der Waals surface area contributed by atoms with E-state index in [1.807, 2.05) is 0 Å². The monoisotopic (exact) mass is 320 g/mol. The fourth-order valence-corrected chi connectivity index (χ4v) is 2.78. The summed E-state index contributed by atoms with van der Waals surface area (Å²) >= 11 is 0. The molecule has 0 atom stereocenters. The predicted molar refractivity (Wildman–Crippen MR) is 82.8 cm³/mol. The van der Waals surface area contributed by atoms with E-state index in [9.17, 15) is 13.2 Å². The SMILES string of the molecule is CCONC(=O)c1ccc(NS(=O)(=O)c2ccccc2)cc1. The Balaban J connectivity index is 2.10. The zero-order chi connectivity index (χ0) is 16.0. The van der Waals surface area contributed by atoms with Crippen LogP contribution in [0.15, 0.2) is 59.5 Å². The maximum Gasteiger partial charge on any atom is 0.274 e. The molecule has 0 aliphatic rings. The molecule has 116 valence electrons. The largest absolute Gasteiger partial charge is 0.280 e. The second kappa shape index (κ2) is 7.06. The molecule has 0 aromatic heterocycles. The van der Waals surface area contributed by atoms with Gasteiger partial charge in [-0.2, -0.15) is 0 Å². The van der Waals surface area contributed by atoms with Gasteiger partial charge in [0, 0.05) is 11.3 Å². The van der Waals surface area contributed by atoms with Crippen molar-refractivity contribution in [1.29, 1.82) is 0 Å². The minimum absolute atomic E-state index is 0.174. The lowest BCUT2D eigenvalue weighted by molar-refractivity contribution is 0.0364. The first-order valence-electron chi connectivity index (χ1n) is 6.63. The molecule has 0 unspecified atom stereocenters. The van der Waals surface area contributed by atoms with E-state index in [1.54, 1.807) is 25.1 Å². The molecule has 0 spiro atoms. The third-order valence-electron chi connectivity index (χ3n) is 2.76. The Morgan fingerprint density at radius 1 is 1.05 bits per heavy atom. The van der Waals surface area contributed by atoms with Crippen LogP contribution >= 0.6 is 0 Å². The standard InChI is InChI=1S/C15H16N2O4S/c1-2-21-16-15(18)12-8-10-13(11-9-12)17-22(19,20)14-6-4-3-5-7-14/h3-11,17H,2H2,1H3,(H,16,18). The molecule has 0 radical (unpaired) electrons. The van der Waals surface area contributed by atoms with E-state index in [4.69, 9.17) is 4.84 Å². The summed E-state index contributed by atoms with van der Waals surface area (Å²) in [5.74, 6) is -0.390. The Kier molecular flexibility index (Phi) is 5.13. The van der Waals surface area contributed by atoms with Crippen molar-refractivity contribution in [3.05, 3.63) is 60.2 Å². The number of nitrogens with one attached hydrogen (secondary N) is 2. The van der Waals surface area contributed by atoms with Gasteiger partial charge in [-0.25, -0.2) is 13.9 Å². The zero-order valence-corrected chi connectivity index (χ0v) is 12.8. The normalized spacial score (nSPS) is 11.0. The van der Waals surface area contributed by atoms with Gasteiger partial charge < -0.3 is 0 Å². The molecule has 0 bridgehead atoms. The maximum absolute atomic E-state index is 12.2. The molecular formula is C15H16N2O4S. The molecule has 2 aromatic carbocycles. The number of hydrogen-bond acceptors (Lipinski definition) is 4. The maximum atomic E-state index is 12.2. The Bertz CT molecular complexity index is 728. The van der Waals surface area contributed by atoms with Crippen LogP contribution in [-0.2, 0) is 14.9 Å². The van der Waals surface area contributed by atoms with Crippen LogP contribution < -0.4 is 10.2 Å². The highest BCUT2D eigenvalue weighted by molar-refractivity contribution is 7.92. The number of anilines is 1. The van der Waals surface area contributed by atoms with Gasteiger partial charge in [0.15, 0.2) is 0 Å². The molecule has 6 nitrogen and oxygen atoms in total. The fourth-order valence-electron chi connectivity index (χ4n) is 1.70. The summed E-state index contributed by atoms with van der Waals surface area (Å²) in [6.07, 6.45) is 0. The number of amides is 1. The Morgan fingerprint density at radius 3 is 2.27 bits per heavy atom. The lowest BCUT2D eigenvalue weighted by Crippen LogP contribution is -2.23. The highest BCUT2D eigenvalue weighted by atomic mass is 32.2. The number of sulfonamides is 1. The van der Waals surface area contributed by atoms with Gasteiger partial charge in [0.1, 0.15) is 0 Å². The first kappa shape index (κ1) is 16.0. The molecule has 0 heterocycles. The number of carbonyl (C=O) groups excluding carboxylic acids is 1. The molecule has 2 N–H and O–H groups in total. The van der Waals surface area contributed by atoms with Gasteiger partial charge in [-0.3, -0.25) is 14.4 Å². The highest BCUT2D eigenvalue weighted by Crippen LogP contribution is 2.16. The van der Waals surface area contributed by atoms with Crippen LogP contribution in [0.2, 0.25) is 0 Å². The average molecular weight is 320 g/mol. The first-order valence-corrected chi connectivity index (χ1v) is 8.11. The number of hydrogen-bond donors (Lipinski definition) is 2. The van der Waals surface area contributed by atoms with Gasteiger partial charge in [0.25, 0.3) is 15.9 Å². The van der Waals surface area contributed by atoms with Gasteiger partial charge in [-0.15, -0.1) is 0 Å². The summed E-state index contributed by atoms with van der Waals surface area (Å²) in [5, 5.41) is 0. The number of carbonyl (C=O) groups is 1. The van der Waals surface area contributed by atoms with E-state index >= 15 is 0 Å². The van der Waals surface area contributed by atoms with Crippen molar-refractivity contribution >= 4 is 21.6 Å². The Labute approximate surface area is 129 Å².